The Morgan fingerprint density at radius 1 is 1.64 bits per heavy atom. The quantitative estimate of drug-likeness (QED) is 0.686. The van der Waals surface area contributed by atoms with Gasteiger partial charge in [-0.05, 0) is 37.7 Å². The van der Waals surface area contributed by atoms with E-state index in [4.69, 9.17) is 9.47 Å². The first-order chi connectivity index (χ1) is 6.83. The van der Waals surface area contributed by atoms with Crippen LogP contribution in [0.1, 0.15) is 25.7 Å². The average Bonchev–Trinajstić information content (AvgIpc) is 3.04. The number of ether oxygens (including phenoxy) is 2. The highest BCUT2D eigenvalue weighted by Gasteiger charge is 2.38. The number of carbonyl (C=O) groups excluding carboxylic acids is 1. The van der Waals surface area contributed by atoms with E-state index in [0.717, 1.165) is 25.7 Å². The van der Waals surface area contributed by atoms with E-state index in [9.17, 15) is 4.79 Å². The largest absolute Gasteiger partial charge is 0.490 e. The molecule has 1 fully saturated rings. The number of carbonyl (C=O) groups is 1. The molecule has 0 aromatic carbocycles. The molecule has 1 aliphatic carbocycles. The third kappa shape index (κ3) is 1.98. The Labute approximate surface area is 84.1 Å². The van der Waals surface area contributed by atoms with Gasteiger partial charge in [0.2, 0.25) is 5.78 Å². The minimum Gasteiger partial charge on any atom is -0.490 e. The van der Waals surface area contributed by atoms with Gasteiger partial charge in [0.05, 0.1) is 6.61 Å². The molecule has 0 spiro atoms. The highest BCUT2D eigenvalue weighted by atomic mass is 16.5. The number of hydrogen-bond donors (Lipinski definition) is 0. The molecule has 1 atom stereocenters. The second-order valence-electron chi connectivity index (χ2n) is 3.92. The van der Waals surface area contributed by atoms with Gasteiger partial charge < -0.3 is 9.47 Å². The molecule has 0 amide bonds. The first-order valence-electron chi connectivity index (χ1n) is 5.23. The number of hydrogen-bond acceptors (Lipinski definition) is 3. The molecule has 1 saturated carbocycles. The van der Waals surface area contributed by atoms with Gasteiger partial charge in [-0.3, -0.25) is 4.79 Å². The van der Waals surface area contributed by atoms with E-state index in [-0.39, 0.29) is 11.9 Å². The molecule has 3 nitrogen and oxygen atoms in total. The lowest BCUT2D eigenvalue weighted by Gasteiger charge is -2.18. The van der Waals surface area contributed by atoms with Crippen LogP contribution in [0.3, 0.4) is 0 Å². The summed E-state index contributed by atoms with van der Waals surface area (Å²) < 4.78 is 10.6. The number of ketones is 1. The number of allylic oxidation sites excluding steroid dienone is 1. The van der Waals surface area contributed by atoms with Gasteiger partial charge in [0.1, 0.15) is 6.10 Å². The molecule has 0 bridgehead atoms. The molecule has 2 rings (SSSR count). The van der Waals surface area contributed by atoms with Crippen LogP contribution in [0.5, 0.6) is 0 Å². The zero-order chi connectivity index (χ0) is 9.97. The maximum absolute atomic E-state index is 11.9. The normalized spacial score (nSPS) is 23.6. The van der Waals surface area contributed by atoms with Crippen molar-refractivity contribution in [3.8, 4) is 0 Å². The van der Waals surface area contributed by atoms with Gasteiger partial charge in [-0.2, -0.15) is 0 Å². The summed E-state index contributed by atoms with van der Waals surface area (Å²) in [6.45, 7) is 0.665. The molecule has 3 heteroatoms. The van der Waals surface area contributed by atoms with Crippen LogP contribution in [0, 0.1) is 5.92 Å². The van der Waals surface area contributed by atoms with Crippen molar-refractivity contribution in [2.45, 2.75) is 31.8 Å². The van der Waals surface area contributed by atoms with Crippen LogP contribution in [0.2, 0.25) is 0 Å². The van der Waals surface area contributed by atoms with Crippen LogP contribution in [0.25, 0.3) is 0 Å². The van der Waals surface area contributed by atoms with Gasteiger partial charge in [0.25, 0.3) is 0 Å². The molecule has 78 valence electrons. The van der Waals surface area contributed by atoms with E-state index in [1.807, 2.05) is 6.08 Å². The predicted molar refractivity (Wildman–Crippen MR) is 51.8 cm³/mol. The van der Waals surface area contributed by atoms with Crippen LogP contribution in [-0.4, -0.2) is 25.6 Å². The highest BCUT2D eigenvalue weighted by molar-refractivity contribution is 5.97. The van der Waals surface area contributed by atoms with Gasteiger partial charge >= 0.3 is 0 Å². The van der Waals surface area contributed by atoms with Crippen molar-refractivity contribution >= 4 is 5.78 Å². The Balaban J connectivity index is 2.01. The molecule has 0 saturated heterocycles. The minimum atomic E-state index is -0.264. The van der Waals surface area contributed by atoms with Crippen molar-refractivity contribution in [2.24, 2.45) is 5.92 Å². The Morgan fingerprint density at radius 3 is 2.93 bits per heavy atom. The Morgan fingerprint density at radius 2 is 2.43 bits per heavy atom. The van der Waals surface area contributed by atoms with Gasteiger partial charge in [-0.25, -0.2) is 0 Å². The van der Waals surface area contributed by atoms with E-state index in [2.05, 4.69) is 0 Å². The number of rotatable bonds is 4. The summed E-state index contributed by atoms with van der Waals surface area (Å²) >= 11 is 0. The molecule has 0 aromatic rings. The van der Waals surface area contributed by atoms with E-state index in [0.29, 0.717) is 18.3 Å². The lowest BCUT2D eigenvalue weighted by Crippen LogP contribution is -2.28. The maximum Gasteiger partial charge on any atom is 0.225 e. The van der Waals surface area contributed by atoms with Crippen molar-refractivity contribution in [3.63, 3.8) is 0 Å². The Hall–Kier alpha value is -0.830. The molecular weight excluding hydrogens is 180 g/mol. The fraction of sp³-hybridized carbons (Fsp3) is 0.727. The molecular formula is C11H16O3. The van der Waals surface area contributed by atoms with Crippen molar-refractivity contribution in [1.29, 1.82) is 0 Å². The monoisotopic (exact) mass is 196 g/mol. The summed E-state index contributed by atoms with van der Waals surface area (Å²) in [4.78, 5) is 11.9. The number of methoxy groups -OCH3 is 1. The zero-order valence-corrected chi connectivity index (χ0v) is 8.49. The van der Waals surface area contributed by atoms with Gasteiger partial charge in [-0.15, -0.1) is 0 Å². The second-order valence-corrected chi connectivity index (χ2v) is 3.92. The van der Waals surface area contributed by atoms with Gasteiger partial charge in [-0.1, -0.05) is 0 Å². The fourth-order valence-corrected chi connectivity index (χ4v) is 1.78. The van der Waals surface area contributed by atoms with Crippen LogP contribution >= 0.6 is 0 Å². The summed E-state index contributed by atoms with van der Waals surface area (Å²) in [5, 5.41) is 0. The van der Waals surface area contributed by atoms with Crippen molar-refractivity contribution < 1.29 is 14.3 Å². The lowest BCUT2D eigenvalue weighted by atomic mass is 10.1. The summed E-state index contributed by atoms with van der Waals surface area (Å²) in [7, 11) is 1.60. The molecule has 0 N–H and O–H groups in total. The highest BCUT2D eigenvalue weighted by Crippen LogP contribution is 2.35. The van der Waals surface area contributed by atoms with Crippen molar-refractivity contribution in [3.05, 3.63) is 11.8 Å². The van der Waals surface area contributed by atoms with Gasteiger partial charge in [0.15, 0.2) is 5.76 Å². The molecule has 1 aliphatic heterocycles. The molecule has 14 heavy (non-hydrogen) atoms. The Kier molecular flexibility index (Phi) is 2.87. The van der Waals surface area contributed by atoms with E-state index >= 15 is 0 Å². The molecule has 0 radical (unpaired) electrons. The Bertz CT molecular complexity index is 253. The van der Waals surface area contributed by atoms with E-state index < -0.39 is 0 Å². The first kappa shape index (κ1) is 9.71. The third-order valence-corrected chi connectivity index (χ3v) is 2.74. The minimum absolute atomic E-state index is 0.0368. The van der Waals surface area contributed by atoms with Crippen LogP contribution < -0.4 is 0 Å². The maximum atomic E-state index is 11.9. The lowest BCUT2D eigenvalue weighted by molar-refractivity contribution is -0.130. The molecule has 1 heterocycles. The van der Waals surface area contributed by atoms with Crippen LogP contribution in [0.15, 0.2) is 11.8 Å². The number of Topliss-reactive ketones (excluding diaryl/α,β-unsaturated/α-hetero) is 1. The zero-order valence-electron chi connectivity index (χ0n) is 8.49. The smallest absolute Gasteiger partial charge is 0.225 e. The SMILES string of the molecule is COC(C(=O)C1=CCCCO1)C1CC1. The second kappa shape index (κ2) is 4.13. The predicted octanol–water partition coefficient (Wildman–Crippen LogP) is 1.67. The molecule has 1 unspecified atom stereocenters. The summed E-state index contributed by atoms with van der Waals surface area (Å²) in [6, 6.07) is 0. The van der Waals surface area contributed by atoms with Crippen molar-refractivity contribution in [1.82, 2.24) is 0 Å². The van der Waals surface area contributed by atoms with Crippen LogP contribution in [-0.2, 0) is 14.3 Å². The third-order valence-electron chi connectivity index (χ3n) is 2.74. The van der Waals surface area contributed by atoms with Crippen molar-refractivity contribution in [2.75, 3.05) is 13.7 Å². The topological polar surface area (TPSA) is 35.5 Å². The molecule has 0 aromatic heterocycles. The molecule has 2 aliphatic rings. The summed E-state index contributed by atoms with van der Waals surface area (Å²) in [5.74, 6) is 0.989. The first-order valence-corrected chi connectivity index (χ1v) is 5.23. The van der Waals surface area contributed by atoms with E-state index in [1.54, 1.807) is 7.11 Å². The van der Waals surface area contributed by atoms with Crippen LogP contribution in [0.4, 0.5) is 0 Å². The summed E-state index contributed by atoms with van der Waals surface area (Å²) in [5.41, 5.74) is 0. The fourth-order valence-electron chi connectivity index (χ4n) is 1.78. The summed E-state index contributed by atoms with van der Waals surface area (Å²) in [6.07, 6.45) is 5.80. The standard InChI is InChI=1S/C11H16O3/c1-13-11(8-5-6-8)10(12)9-4-2-3-7-14-9/h4,8,11H,2-3,5-7H2,1H3. The van der Waals surface area contributed by atoms with E-state index in [1.165, 1.54) is 0 Å². The average molecular weight is 196 g/mol. The van der Waals surface area contributed by atoms with Gasteiger partial charge in [0, 0.05) is 7.11 Å².